The van der Waals surface area contributed by atoms with Crippen LogP contribution in [0.3, 0.4) is 0 Å². The number of rotatable bonds is 4. The first kappa shape index (κ1) is 11.8. The van der Waals surface area contributed by atoms with Crippen LogP contribution >= 0.6 is 0 Å². The van der Waals surface area contributed by atoms with Crippen molar-refractivity contribution in [1.82, 2.24) is 9.78 Å². The molecule has 98 valence electrons. The van der Waals surface area contributed by atoms with Gasteiger partial charge in [-0.15, -0.1) is 0 Å². The highest BCUT2D eigenvalue weighted by atomic mass is 16.5. The van der Waals surface area contributed by atoms with E-state index in [9.17, 15) is 9.90 Å². The van der Waals surface area contributed by atoms with Crippen molar-refractivity contribution < 1.29 is 14.6 Å². The van der Waals surface area contributed by atoms with Gasteiger partial charge < -0.3 is 9.84 Å². The fourth-order valence-electron chi connectivity index (χ4n) is 2.04. The third-order valence-electron chi connectivity index (χ3n) is 3.13. The minimum atomic E-state index is -0.982. The predicted octanol–water partition coefficient (Wildman–Crippen LogP) is 2.33. The van der Waals surface area contributed by atoms with E-state index in [-0.39, 0.29) is 11.7 Å². The molecule has 1 aliphatic carbocycles. The molecule has 1 aromatic carbocycles. The number of aromatic carboxylic acids is 1. The molecule has 1 fully saturated rings. The quantitative estimate of drug-likeness (QED) is 0.914. The molecule has 0 atom stereocenters. The second-order valence-corrected chi connectivity index (χ2v) is 4.65. The molecule has 1 aromatic heterocycles. The van der Waals surface area contributed by atoms with Crippen LogP contribution in [-0.2, 0) is 7.05 Å². The molecule has 1 N–H and O–H groups in total. The van der Waals surface area contributed by atoms with Gasteiger partial charge in [0.1, 0.15) is 11.3 Å². The first-order valence-electron chi connectivity index (χ1n) is 6.18. The summed E-state index contributed by atoms with van der Waals surface area (Å²) >= 11 is 0. The molecule has 3 rings (SSSR count). The van der Waals surface area contributed by atoms with Gasteiger partial charge in [0.2, 0.25) is 0 Å². The van der Waals surface area contributed by atoms with Crippen molar-refractivity contribution in [3.8, 4) is 17.0 Å². The third-order valence-corrected chi connectivity index (χ3v) is 3.13. The van der Waals surface area contributed by atoms with Crippen molar-refractivity contribution in [2.75, 3.05) is 0 Å². The number of hydrogen-bond acceptors (Lipinski definition) is 3. The van der Waals surface area contributed by atoms with E-state index in [1.54, 1.807) is 11.7 Å². The molecule has 1 aliphatic rings. The van der Waals surface area contributed by atoms with Crippen LogP contribution in [0.2, 0.25) is 0 Å². The minimum Gasteiger partial charge on any atom is -0.490 e. The smallest absolute Gasteiger partial charge is 0.339 e. The summed E-state index contributed by atoms with van der Waals surface area (Å²) in [4.78, 5) is 11.3. The van der Waals surface area contributed by atoms with E-state index in [0.717, 1.165) is 24.2 Å². The van der Waals surface area contributed by atoms with Crippen LogP contribution in [0.4, 0.5) is 0 Å². The summed E-state index contributed by atoms with van der Waals surface area (Å²) < 4.78 is 7.40. The number of carboxylic acids is 1. The fourth-order valence-corrected chi connectivity index (χ4v) is 2.04. The molecule has 19 heavy (non-hydrogen) atoms. The first-order valence-corrected chi connectivity index (χ1v) is 6.18. The van der Waals surface area contributed by atoms with Crippen LogP contribution in [0.25, 0.3) is 11.3 Å². The Morgan fingerprint density at radius 3 is 2.84 bits per heavy atom. The highest BCUT2D eigenvalue weighted by Gasteiger charge is 2.26. The van der Waals surface area contributed by atoms with Gasteiger partial charge in [-0.3, -0.25) is 4.68 Å². The Morgan fingerprint density at radius 2 is 2.16 bits per heavy atom. The van der Waals surface area contributed by atoms with E-state index in [4.69, 9.17) is 4.74 Å². The number of aryl methyl sites for hydroxylation is 1. The molecule has 0 spiro atoms. The van der Waals surface area contributed by atoms with E-state index in [1.807, 2.05) is 24.3 Å². The van der Waals surface area contributed by atoms with E-state index < -0.39 is 5.97 Å². The van der Waals surface area contributed by atoms with Crippen LogP contribution < -0.4 is 4.74 Å². The monoisotopic (exact) mass is 258 g/mol. The number of benzene rings is 1. The number of ether oxygens (including phenoxy) is 1. The van der Waals surface area contributed by atoms with Gasteiger partial charge in [-0.05, 0) is 25.0 Å². The maximum Gasteiger partial charge on any atom is 0.339 e. The van der Waals surface area contributed by atoms with Crippen LogP contribution in [0.5, 0.6) is 5.75 Å². The Hall–Kier alpha value is -2.30. The van der Waals surface area contributed by atoms with Crippen molar-refractivity contribution in [3.05, 3.63) is 36.0 Å². The lowest BCUT2D eigenvalue weighted by Crippen LogP contribution is -2.04. The molecular formula is C14H14N2O3. The molecule has 0 amide bonds. The van der Waals surface area contributed by atoms with E-state index in [1.165, 1.54) is 6.20 Å². The Labute approximate surface area is 110 Å². The normalized spacial score (nSPS) is 14.4. The molecule has 1 heterocycles. The molecule has 0 radical (unpaired) electrons. The van der Waals surface area contributed by atoms with E-state index in [2.05, 4.69) is 5.10 Å². The largest absolute Gasteiger partial charge is 0.490 e. The van der Waals surface area contributed by atoms with Crippen LogP contribution in [-0.4, -0.2) is 27.0 Å². The van der Waals surface area contributed by atoms with Gasteiger partial charge in [0.05, 0.1) is 18.0 Å². The van der Waals surface area contributed by atoms with Crippen molar-refractivity contribution in [3.63, 3.8) is 0 Å². The standard InChI is InChI=1S/C14H14N2O3/c1-16-13(11(8-15-16)14(17)18)10-4-2-3-5-12(10)19-9-6-7-9/h2-5,8-9H,6-7H2,1H3,(H,17,18). The molecular weight excluding hydrogens is 244 g/mol. The van der Waals surface area contributed by atoms with E-state index >= 15 is 0 Å². The number of hydrogen-bond donors (Lipinski definition) is 1. The van der Waals surface area contributed by atoms with E-state index in [0.29, 0.717) is 5.69 Å². The lowest BCUT2D eigenvalue weighted by atomic mass is 10.1. The lowest BCUT2D eigenvalue weighted by Gasteiger charge is -2.11. The fraction of sp³-hybridized carbons (Fsp3) is 0.286. The summed E-state index contributed by atoms with van der Waals surface area (Å²) in [6.07, 6.45) is 3.76. The van der Waals surface area contributed by atoms with Gasteiger partial charge in [-0.25, -0.2) is 4.79 Å². The highest BCUT2D eigenvalue weighted by Crippen LogP contribution is 2.35. The third kappa shape index (κ3) is 2.19. The zero-order chi connectivity index (χ0) is 13.4. The predicted molar refractivity (Wildman–Crippen MR) is 69.3 cm³/mol. The van der Waals surface area contributed by atoms with Gasteiger partial charge in [-0.1, -0.05) is 12.1 Å². The number of para-hydroxylation sites is 1. The molecule has 0 unspecified atom stereocenters. The summed E-state index contributed by atoms with van der Waals surface area (Å²) in [6, 6.07) is 7.49. The van der Waals surface area contributed by atoms with Crippen LogP contribution in [0.1, 0.15) is 23.2 Å². The van der Waals surface area contributed by atoms with Gasteiger partial charge in [-0.2, -0.15) is 5.10 Å². The summed E-state index contributed by atoms with van der Waals surface area (Å²) in [7, 11) is 1.73. The summed E-state index contributed by atoms with van der Waals surface area (Å²) in [5.74, 6) is -0.263. The molecule has 5 heteroatoms. The summed E-state index contributed by atoms with van der Waals surface area (Å²) in [6.45, 7) is 0. The van der Waals surface area contributed by atoms with Crippen molar-refractivity contribution in [1.29, 1.82) is 0 Å². The number of nitrogens with zero attached hydrogens (tertiary/aromatic N) is 2. The Kier molecular flexibility index (Phi) is 2.74. The number of carboxylic acid groups (broad SMARTS) is 1. The maximum absolute atomic E-state index is 11.3. The zero-order valence-corrected chi connectivity index (χ0v) is 10.5. The molecule has 0 aliphatic heterocycles. The van der Waals surface area contributed by atoms with Gasteiger partial charge >= 0.3 is 5.97 Å². The van der Waals surface area contributed by atoms with Gasteiger partial charge in [0, 0.05) is 12.6 Å². The first-order chi connectivity index (χ1) is 9.16. The topological polar surface area (TPSA) is 64.4 Å². The molecule has 1 saturated carbocycles. The van der Waals surface area contributed by atoms with Crippen LogP contribution in [0, 0.1) is 0 Å². The molecule has 0 bridgehead atoms. The average molecular weight is 258 g/mol. The molecule has 2 aromatic rings. The number of carbonyl (C=O) groups is 1. The number of aromatic nitrogens is 2. The zero-order valence-electron chi connectivity index (χ0n) is 10.5. The average Bonchev–Trinajstić information content (AvgIpc) is 3.11. The Balaban J connectivity index is 2.10. The van der Waals surface area contributed by atoms with Crippen molar-refractivity contribution >= 4 is 5.97 Å². The molecule has 5 nitrogen and oxygen atoms in total. The Morgan fingerprint density at radius 1 is 1.42 bits per heavy atom. The maximum atomic E-state index is 11.3. The van der Waals surface area contributed by atoms with Crippen molar-refractivity contribution in [2.24, 2.45) is 7.05 Å². The second-order valence-electron chi connectivity index (χ2n) is 4.65. The minimum absolute atomic E-state index is 0.189. The van der Waals surface area contributed by atoms with Gasteiger partial charge in [0.15, 0.2) is 0 Å². The Bertz CT molecular complexity index is 629. The lowest BCUT2D eigenvalue weighted by molar-refractivity contribution is 0.0697. The molecule has 0 saturated heterocycles. The highest BCUT2D eigenvalue weighted by molar-refractivity contribution is 5.95. The van der Waals surface area contributed by atoms with Gasteiger partial charge in [0.25, 0.3) is 0 Å². The summed E-state index contributed by atoms with van der Waals surface area (Å²) in [5.41, 5.74) is 1.53. The summed E-state index contributed by atoms with van der Waals surface area (Å²) in [5, 5.41) is 13.3. The van der Waals surface area contributed by atoms with Crippen molar-refractivity contribution in [2.45, 2.75) is 18.9 Å². The SMILES string of the molecule is Cn1ncc(C(=O)O)c1-c1ccccc1OC1CC1. The second kappa shape index (κ2) is 4.42. The van der Waals surface area contributed by atoms with Crippen LogP contribution in [0.15, 0.2) is 30.5 Å².